The van der Waals surface area contributed by atoms with Gasteiger partial charge in [0.1, 0.15) is 19.2 Å². The third kappa shape index (κ3) is 4.46. The molecule has 1 aliphatic rings. The van der Waals surface area contributed by atoms with Crippen molar-refractivity contribution in [3.8, 4) is 11.1 Å². The first-order chi connectivity index (χ1) is 15.5. The van der Waals surface area contributed by atoms with Crippen LogP contribution in [0.5, 0.6) is 0 Å². The Balaban J connectivity index is 1.47. The summed E-state index contributed by atoms with van der Waals surface area (Å²) in [5.74, 6) is -1.91. The number of fused-ring (bicyclic) bond motifs is 3. The van der Waals surface area contributed by atoms with Crippen molar-refractivity contribution in [2.45, 2.75) is 12.0 Å². The predicted molar refractivity (Wildman–Crippen MR) is 118 cm³/mol. The van der Waals surface area contributed by atoms with Gasteiger partial charge in [0.2, 0.25) is 5.91 Å². The number of alkyl carbamates (subject to hydrolysis) is 1. The SMILES string of the molecule is O=C(O)CNC(=O)[C@@H](NC(=O)OCC1c2ccccc2-c2ccccc21)c1ccccc1. The fourth-order valence-corrected chi connectivity index (χ4v) is 3.97. The molecule has 1 atom stereocenters. The minimum absolute atomic E-state index is 0.107. The summed E-state index contributed by atoms with van der Waals surface area (Å²) < 4.78 is 5.52. The van der Waals surface area contributed by atoms with Crippen molar-refractivity contribution in [3.05, 3.63) is 95.6 Å². The zero-order valence-corrected chi connectivity index (χ0v) is 17.2. The van der Waals surface area contributed by atoms with Gasteiger partial charge < -0.3 is 20.5 Å². The number of nitrogens with one attached hydrogen (secondary N) is 2. The van der Waals surface area contributed by atoms with E-state index in [2.05, 4.69) is 10.6 Å². The van der Waals surface area contributed by atoms with Gasteiger partial charge in [0.25, 0.3) is 0 Å². The average Bonchev–Trinajstić information content (AvgIpc) is 3.14. The molecule has 0 spiro atoms. The van der Waals surface area contributed by atoms with Gasteiger partial charge in [-0.15, -0.1) is 0 Å². The van der Waals surface area contributed by atoms with Gasteiger partial charge in [0.05, 0.1) is 0 Å². The highest BCUT2D eigenvalue weighted by Crippen LogP contribution is 2.44. The summed E-state index contributed by atoms with van der Waals surface area (Å²) in [5, 5.41) is 13.7. The molecule has 3 aromatic rings. The molecule has 0 radical (unpaired) electrons. The standard InChI is InChI=1S/C25H22N2O5/c28-22(29)14-26-24(30)23(16-8-2-1-3-9-16)27-25(31)32-15-21-19-12-6-4-10-17(19)18-11-5-7-13-20(18)21/h1-13,21,23H,14-15H2,(H,26,30)(H,27,31)(H,28,29)/t23-/m0/s1. The van der Waals surface area contributed by atoms with E-state index in [1.807, 2.05) is 48.5 Å². The smallest absolute Gasteiger partial charge is 0.408 e. The lowest BCUT2D eigenvalue weighted by Gasteiger charge is -2.20. The fraction of sp³-hybridized carbons (Fsp3) is 0.160. The quantitative estimate of drug-likeness (QED) is 0.532. The van der Waals surface area contributed by atoms with Gasteiger partial charge in [-0.25, -0.2) is 4.79 Å². The number of aliphatic carboxylic acids is 1. The number of benzene rings is 3. The Morgan fingerprint density at radius 1 is 0.844 bits per heavy atom. The minimum Gasteiger partial charge on any atom is -0.480 e. The molecule has 32 heavy (non-hydrogen) atoms. The Morgan fingerprint density at radius 2 is 1.41 bits per heavy atom. The van der Waals surface area contributed by atoms with E-state index in [1.165, 1.54) is 0 Å². The van der Waals surface area contributed by atoms with Crippen molar-refractivity contribution in [1.82, 2.24) is 10.6 Å². The van der Waals surface area contributed by atoms with E-state index in [4.69, 9.17) is 9.84 Å². The molecule has 3 aromatic carbocycles. The number of carbonyl (C=O) groups excluding carboxylic acids is 2. The van der Waals surface area contributed by atoms with Crippen LogP contribution in [0.1, 0.15) is 28.7 Å². The molecule has 0 unspecified atom stereocenters. The molecule has 0 fully saturated rings. The van der Waals surface area contributed by atoms with Gasteiger partial charge >= 0.3 is 12.1 Å². The van der Waals surface area contributed by atoms with Gasteiger partial charge in [-0.2, -0.15) is 0 Å². The summed E-state index contributed by atoms with van der Waals surface area (Å²) >= 11 is 0. The molecule has 162 valence electrons. The van der Waals surface area contributed by atoms with Crippen molar-refractivity contribution in [2.75, 3.05) is 13.2 Å². The number of amides is 2. The molecular weight excluding hydrogens is 408 g/mol. The molecule has 4 rings (SSSR count). The van der Waals surface area contributed by atoms with Crippen LogP contribution >= 0.6 is 0 Å². The van der Waals surface area contributed by atoms with Crippen LogP contribution in [0.15, 0.2) is 78.9 Å². The van der Waals surface area contributed by atoms with Crippen LogP contribution in [0, 0.1) is 0 Å². The Labute approximate surface area is 185 Å². The second-order valence-electron chi connectivity index (χ2n) is 7.43. The number of hydrogen-bond donors (Lipinski definition) is 3. The monoisotopic (exact) mass is 430 g/mol. The van der Waals surface area contributed by atoms with Crippen LogP contribution in [0.2, 0.25) is 0 Å². The molecule has 7 heteroatoms. The zero-order valence-electron chi connectivity index (χ0n) is 17.2. The van der Waals surface area contributed by atoms with Gasteiger partial charge in [0.15, 0.2) is 0 Å². The highest BCUT2D eigenvalue weighted by molar-refractivity contribution is 5.89. The number of hydrogen-bond acceptors (Lipinski definition) is 4. The fourth-order valence-electron chi connectivity index (χ4n) is 3.97. The van der Waals surface area contributed by atoms with Crippen molar-refractivity contribution >= 4 is 18.0 Å². The summed E-state index contributed by atoms with van der Waals surface area (Å²) in [6.07, 6.45) is -0.758. The Kier molecular flexibility index (Phi) is 6.17. The molecule has 3 N–H and O–H groups in total. The van der Waals surface area contributed by atoms with E-state index in [0.29, 0.717) is 5.56 Å². The van der Waals surface area contributed by atoms with Gasteiger partial charge in [-0.1, -0.05) is 78.9 Å². The minimum atomic E-state index is -1.17. The maximum Gasteiger partial charge on any atom is 0.408 e. The molecule has 0 bridgehead atoms. The Morgan fingerprint density at radius 3 is 2.00 bits per heavy atom. The molecular formula is C25H22N2O5. The van der Waals surface area contributed by atoms with Crippen molar-refractivity contribution < 1.29 is 24.2 Å². The molecule has 1 aliphatic carbocycles. The summed E-state index contributed by atoms with van der Waals surface area (Å²) in [7, 11) is 0. The molecule has 2 amide bonds. The first-order valence-corrected chi connectivity index (χ1v) is 10.2. The third-order valence-electron chi connectivity index (χ3n) is 5.41. The van der Waals surface area contributed by atoms with Crippen LogP contribution in [-0.4, -0.2) is 36.2 Å². The van der Waals surface area contributed by atoms with Gasteiger partial charge in [-0.3, -0.25) is 9.59 Å². The number of carbonyl (C=O) groups is 3. The topological polar surface area (TPSA) is 105 Å². The Hall–Kier alpha value is -4.13. The van der Waals surface area contributed by atoms with Crippen LogP contribution < -0.4 is 10.6 Å². The van der Waals surface area contributed by atoms with E-state index in [1.54, 1.807) is 30.3 Å². The molecule has 0 saturated carbocycles. The largest absolute Gasteiger partial charge is 0.480 e. The van der Waals surface area contributed by atoms with Crippen LogP contribution in [0.25, 0.3) is 11.1 Å². The van der Waals surface area contributed by atoms with E-state index in [9.17, 15) is 14.4 Å². The first kappa shape index (κ1) is 21.1. The maximum atomic E-state index is 12.6. The predicted octanol–water partition coefficient (Wildman–Crippen LogP) is 3.47. The van der Waals surface area contributed by atoms with E-state index >= 15 is 0 Å². The second kappa shape index (κ2) is 9.34. The molecule has 0 aliphatic heterocycles. The number of carboxylic acids is 1. The van der Waals surface area contributed by atoms with E-state index < -0.39 is 30.6 Å². The molecule has 0 aromatic heterocycles. The first-order valence-electron chi connectivity index (χ1n) is 10.2. The second-order valence-corrected chi connectivity index (χ2v) is 7.43. The molecule has 7 nitrogen and oxygen atoms in total. The lowest BCUT2D eigenvalue weighted by molar-refractivity contribution is -0.138. The highest BCUT2D eigenvalue weighted by Gasteiger charge is 2.30. The average molecular weight is 430 g/mol. The van der Waals surface area contributed by atoms with Gasteiger partial charge in [-0.05, 0) is 27.8 Å². The van der Waals surface area contributed by atoms with E-state index in [0.717, 1.165) is 22.3 Å². The van der Waals surface area contributed by atoms with Crippen LogP contribution in [0.3, 0.4) is 0 Å². The number of carboxylic acid groups (broad SMARTS) is 1. The van der Waals surface area contributed by atoms with Crippen molar-refractivity contribution in [2.24, 2.45) is 0 Å². The Bertz CT molecular complexity index is 1100. The normalized spacial score (nSPS) is 12.9. The number of ether oxygens (including phenoxy) is 1. The summed E-state index contributed by atoms with van der Waals surface area (Å²) in [6, 6.07) is 23.5. The summed E-state index contributed by atoms with van der Waals surface area (Å²) in [6.45, 7) is -0.438. The molecule has 0 saturated heterocycles. The highest BCUT2D eigenvalue weighted by atomic mass is 16.5. The van der Waals surface area contributed by atoms with E-state index in [-0.39, 0.29) is 12.5 Å². The number of rotatable bonds is 7. The zero-order chi connectivity index (χ0) is 22.5. The lowest BCUT2D eigenvalue weighted by Crippen LogP contribution is -2.42. The van der Waals surface area contributed by atoms with Crippen molar-refractivity contribution in [3.63, 3.8) is 0 Å². The maximum absolute atomic E-state index is 12.6. The molecule has 0 heterocycles. The summed E-state index contributed by atoms with van der Waals surface area (Å²) in [5.41, 5.74) is 4.92. The lowest BCUT2D eigenvalue weighted by atomic mass is 9.98. The summed E-state index contributed by atoms with van der Waals surface area (Å²) in [4.78, 5) is 36.0. The van der Waals surface area contributed by atoms with Crippen LogP contribution in [0.4, 0.5) is 4.79 Å². The van der Waals surface area contributed by atoms with Gasteiger partial charge in [0, 0.05) is 5.92 Å². The third-order valence-corrected chi connectivity index (χ3v) is 5.41. The van der Waals surface area contributed by atoms with Crippen molar-refractivity contribution in [1.29, 1.82) is 0 Å². The van der Waals surface area contributed by atoms with Crippen LogP contribution in [-0.2, 0) is 14.3 Å².